The Balaban J connectivity index is 0.983. The molecular weight excluding hydrogens is 631 g/mol. The van der Waals surface area contributed by atoms with Crippen LogP contribution in [-0.2, 0) is 6.42 Å². The Bertz CT molecular complexity index is 2810. The minimum atomic E-state index is -0.194. The van der Waals surface area contributed by atoms with Crippen LogP contribution < -0.4 is 16.0 Å². The lowest BCUT2D eigenvalue weighted by molar-refractivity contribution is 0.203. The molecule has 246 valence electrons. The molecule has 6 aromatic carbocycles. The Morgan fingerprint density at radius 1 is 0.471 bits per heavy atom. The maximum absolute atomic E-state index is 6.76. The molecule has 4 unspecified atom stereocenters. The molecule has 9 aromatic rings. The van der Waals surface area contributed by atoms with Gasteiger partial charge in [-0.25, -0.2) is 0 Å². The van der Waals surface area contributed by atoms with Gasteiger partial charge in [0.15, 0.2) is 0 Å². The second-order valence-electron chi connectivity index (χ2n) is 13.7. The van der Waals surface area contributed by atoms with E-state index in [1.165, 1.54) is 22.1 Å². The van der Waals surface area contributed by atoms with Gasteiger partial charge in [0.2, 0.25) is 0 Å². The van der Waals surface area contributed by atoms with Gasteiger partial charge in [0.05, 0.1) is 18.5 Å². The minimum absolute atomic E-state index is 0.103. The van der Waals surface area contributed by atoms with Gasteiger partial charge < -0.3 is 13.3 Å². The first-order chi connectivity index (χ1) is 25.2. The third kappa shape index (κ3) is 4.61. The summed E-state index contributed by atoms with van der Waals surface area (Å²) in [5.74, 6) is 1.13. The maximum Gasteiger partial charge on any atom is 0.141 e. The Hall–Kier alpha value is -5.92. The van der Waals surface area contributed by atoms with Crippen LogP contribution in [0.3, 0.4) is 0 Å². The lowest BCUT2D eigenvalue weighted by Crippen LogP contribution is -2.54. The molecule has 4 heterocycles. The molecule has 0 bridgehead atoms. The average Bonchev–Trinajstić information content (AvgIpc) is 3.88. The Kier molecular flexibility index (Phi) is 6.40. The van der Waals surface area contributed by atoms with Gasteiger partial charge in [-0.2, -0.15) is 0 Å². The van der Waals surface area contributed by atoms with Crippen molar-refractivity contribution in [2.75, 3.05) is 0 Å². The van der Waals surface area contributed by atoms with Crippen molar-refractivity contribution in [3.05, 3.63) is 173 Å². The molecule has 0 spiro atoms. The van der Waals surface area contributed by atoms with Crippen LogP contribution in [-0.4, -0.2) is 0 Å². The van der Waals surface area contributed by atoms with E-state index >= 15 is 0 Å². The minimum Gasteiger partial charge on any atom is -0.456 e. The van der Waals surface area contributed by atoms with Crippen LogP contribution in [0.2, 0.25) is 0 Å². The summed E-state index contributed by atoms with van der Waals surface area (Å²) in [4.78, 5) is 0. The van der Waals surface area contributed by atoms with E-state index in [2.05, 4.69) is 137 Å². The molecule has 2 aliphatic rings. The molecule has 1 aliphatic carbocycles. The zero-order valence-electron chi connectivity index (χ0n) is 27.6. The second kappa shape index (κ2) is 11.3. The first kappa shape index (κ1) is 28.9. The van der Waals surface area contributed by atoms with E-state index in [0.29, 0.717) is 0 Å². The Labute approximate surface area is 293 Å². The average molecular weight is 664 g/mol. The summed E-state index contributed by atoms with van der Waals surface area (Å²) in [5, 5.41) is 17.3. The molecule has 0 amide bonds. The zero-order valence-corrected chi connectivity index (χ0v) is 27.6. The van der Waals surface area contributed by atoms with Crippen LogP contribution >= 0.6 is 0 Å². The first-order valence-electron chi connectivity index (χ1n) is 17.6. The van der Waals surface area contributed by atoms with E-state index in [4.69, 9.17) is 13.3 Å². The second-order valence-corrected chi connectivity index (χ2v) is 13.7. The molecule has 6 heteroatoms. The monoisotopic (exact) mass is 663 g/mol. The van der Waals surface area contributed by atoms with Crippen LogP contribution in [0.4, 0.5) is 0 Å². The normalized spacial score (nSPS) is 20.5. The van der Waals surface area contributed by atoms with E-state index in [-0.39, 0.29) is 24.4 Å². The van der Waals surface area contributed by atoms with Gasteiger partial charge in [-0.3, -0.25) is 16.0 Å². The van der Waals surface area contributed by atoms with Crippen molar-refractivity contribution in [2.24, 2.45) is 0 Å². The fraction of sp³-hybridized carbons (Fsp3) is 0.111. The smallest absolute Gasteiger partial charge is 0.141 e. The summed E-state index contributed by atoms with van der Waals surface area (Å²) in [7, 11) is 0. The quantitative estimate of drug-likeness (QED) is 0.174. The summed E-state index contributed by atoms with van der Waals surface area (Å²) in [6.07, 6.45) is 4.86. The van der Waals surface area contributed by atoms with Gasteiger partial charge >= 0.3 is 0 Å². The molecule has 0 saturated carbocycles. The third-order valence-electron chi connectivity index (χ3n) is 10.8. The fourth-order valence-electron chi connectivity index (χ4n) is 8.38. The van der Waals surface area contributed by atoms with E-state index in [0.717, 1.165) is 72.8 Å². The van der Waals surface area contributed by atoms with Crippen molar-refractivity contribution >= 4 is 60.9 Å². The van der Waals surface area contributed by atoms with E-state index < -0.39 is 0 Å². The molecule has 3 aromatic heterocycles. The highest BCUT2D eigenvalue weighted by Gasteiger charge is 2.33. The van der Waals surface area contributed by atoms with Gasteiger partial charge in [0, 0.05) is 44.0 Å². The SMILES string of the molecule is C1=CC(c2cccc3oc4ccccc4c23)Cc2c1oc1c(C3NC(c4ccccc4)NC(c4ccc5oc6ccccc6c5c4)N3)cccc21. The third-order valence-corrected chi connectivity index (χ3v) is 10.8. The van der Waals surface area contributed by atoms with Crippen molar-refractivity contribution in [3.8, 4) is 0 Å². The predicted molar refractivity (Wildman–Crippen MR) is 203 cm³/mol. The summed E-state index contributed by atoms with van der Waals surface area (Å²) in [6.45, 7) is 0. The summed E-state index contributed by atoms with van der Waals surface area (Å²) in [6, 6.07) is 46.6. The molecular formula is C45H33N3O3. The molecule has 6 nitrogen and oxygen atoms in total. The number of fused-ring (bicyclic) bond motifs is 9. The van der Waals surface area contributed by atoms with Crippen molar-refractivity contribution in [2.45, 2.75) is 30.8 Å². The molecule has 11 rings (SSSR count). The Morgan fingerprint density at radius 2 is 1.12 bits per heavy atom. The van der Waals surface area contributed by atoms with Crippen molar-refractivity contribution < 1.29 is 13.3 Å². The van der Waals surface area contributed by atoms with Crippen LogP contribution in [0.1, 0.15) is 58.0 Å². The van der Waals surface area contributed by atoms with E-state index in [9.17, 15) is 0 Å². The standard InChI is InChI=1S/C45H33N3O3/c1-2-10-26(11-3-1)43-46-44(28-21-23-38-34(25-28)30-12-4-6-17-36(30)49-38)48-45(47-43)33-16-8-15-31-35-24-27(20-22-39(35)51-42(31)33)29-14-9-19-40-41(29)32-13-5-7-18-37(32)50-40/h1-23,25,27,43-48H,24H2. The van der Waals surface area contributed by atoms with Crippen molar-refractivity contribution in [3.63, 3.8) is 0 Å². The number of hydrogen-bond acceptors (Lipinski definition) is 6. The molecule has 3 N–H and O–H groups in total. The topological polar surface area (TPSA) is 75.5 Å². The highest BCUT2D eigenvalue weighted by Crippen LogP contribution is 2.43. The molecule has 4 atom stereocenters. The van der Waals surface area contributed by atoms with Gasteiger partial charge in [-0.05, 0) is 59.5 Å². The zero-order chi connectivity index (χ0) is 33.5. The number of furan rings is 3. The number of para-hydroxylation sites is 3. The largest absolute Gasteiger partial charge is 0.456 e. The molecule has 1 aliphatic heterocycles. The van der Waals surface area contributed by atoms with Crippen molar-refractivity contribution in [1.29, 1.82) is 0 Å². The summed E-state index contributed by atoms with van der Waals surface area (Å²) >= 11 is 0. The fourth-order valence-corrected chi connectivity index (χ4v) is 8.38. The number of allylic oxidation sites excluding steroid dienone is 1. The number of hydrogen-bond donors (Lipinski definition) is 3. The molecule has 1 fully saturated rings. The maximum atomic E-state index is 6.76. The van der Waals surface area contributed by atoms with E-state index in [1.54, 1.807) is 0 Å². The first-order valence-corrected chi connectivity index (χ1v) is 17.6. The molecule has 1 saturated heterocycles. The highest BCUT2D eigenvalue weighted by molar-refractivity contribution is 6.07. The van der Waals surface area contributed by atoms with Crippen LogP contribution in [0, 0.1) is 0 Å². The van der Waals surface area contributed by atoms with Crippen LogP contribution in [0.5, 0.6) is 0 Å². The Morgan fingerprint density at radius 3 is 2.00 bits per heavy atom. The molecule has 0 radical (unpaired) electrons. The number of rotatable bonds is 4. The number of nitrogens with one attached hydrogen (secondary N) is 3. The predicted octanol–water partition coefficient (Wildman–Crippen LogP) is 10.8. The summed E-state index contributed by atoms with van der Waals surface area (Å²) < 4.78 is 19.2. The van der Waals surface area contributed by atoms with Crippen LogP contribution in [0.15, 0.2) is 153 Å². The van der Waals surface area contributed by atoms with Gasteiger partial charge in [0.25, 0.3) is 0 Å². The van der Waals surface area contributed by atoms with Gasteiger partial charge in [-0.15, -0.1) is 0 Å². The number of benzene rings is 6. The van der Waals surface area contributed by atoms with Crippen molar-refractivity contribution in [1.82, 2.24) is 16.0 Å². The highest BCUT2D eigenvalue weighted by atomic mass is 16.3. The molecule has 51 heavy (non-hydrogen) atoms. The lowest BCUT2D eigenvalue weighted by atomic mass is 9.84. The van der Waals surface area contributed by atoms with Crippen LogP contribution in [0.25, 0.3) is 60.9 Å². The lowest BCUT2D eigenvalue weighted by Gasteiger charge is -2.39. The summed E-state index contributed by atoms with van der Waals surface area (Å²) in [5.41, 5.74) is 10.5. The van der Waals surface area contributed by atoms with E-state index in [1.807, 2.05) is 24.3 Å². The van der Waals surface area contributed by atoms with Gasteiger partial charge in [0.1, 0.15) is 33.7 Å². The van der Waals surface area contributed by atoms with Gasteiger partial charge in [-0.1, -0.05) is 109 Å².